The third kappa shape index (κ3) is 4.98. The maximum atomic E-state index is 14.5. The molecule has 0 bridgehead atoms. The van der Waals surface area contributed by atoms with Crippen molar-refractivity contribution in [2.75, 3.05) is 10.6 Å². The molecule has 4 rings (SSSR count). The van der Waals surface area contributed by atoms with Crippen molar-refractivity contribution in [2.45, 2.75) is 39.2 Å². The molecule has 1 saturated carbocycles. The fourth-order valence-electron chi connectivity index (χ4n) is 3.73. The highest BCUT2D eigenvalue weighted by atomic mass is 19.1. The first kappa shape index (κ1) is 22.3. The van der Waals surface area contributed by atoms with Crippen molar-refractivity contribution in [3.05, 3.63) is 60.4 Å². The number of amides is 2. The quantitative estimate of drug-likeness (QED) is 0.451. The van der Waals surface area contributed by atoms with Crippen molar-refractivity contribution in [1.82, 2.24) is 0 Å². The van der Waals surface area contributed by atoms with E-state index in [0.717, 1.165) is 19.3 Å². The lowest BCUT2D eigenvalue weighted by molar-refractivity contribution is -0.115. The Balaban J connectivity index is 1.71. The van der Waals surface area contributed by atoms with Crippen molar-refractivity contribution >= 4 is 23.2 Å². The summed E-state index contributed by atoms with van der Waals surface area (Å²) >= 11 is 0. The van der Waals surface area contributed by atoms with E-state index in [4.69, 9.17) is 4.74 Å². The van der Waals surface area contributed by atoms with Crippen LogP contribution >= 0.6 is 0 Å². The lowest BCUT2D eigenvalue weighted by atomic mass is 9.95. The Morgan fingerprint density at radius 1 is 0.909 bits per heavy atom. The van der Waals surface area contributed by atoms with E-state index in [1.165, 1.54) is 26.0 Å². The Labute approximate surface area is 191 Å². The van der Waals surface area contributed by atoms with E-state index >= 15 is 0 Å². The zero-order valence-corrected chi connectivity index (χ0v) is 18.4. The van der Waals surface area contributed by atoms with Gasteiger partial charge in [0.15, 0.2) is 0 Å². The second-order valence-electron chi connectivity index (χ2n) is 8.14. The van der Waals surface area contributed by atoms with E-state index in [1.54, 1.807) is 42.5 Å². The van der Waals surface area contributed by atoms with Crippen LogP contribution in [0.2, 0.25) is 0 Å². The third-order valence-electron chi connectivity index (χ3n) is 5.58. The average molecular weight is 448 g/mol. The summed E-state index contributed by atoms with van der Waals surface area (Å²) in [4.78, 5) is 22.8. The molecule has 1 aliphatic carbocycles. The number of aromatic hydroxyl groups is 1. The number of halogens is 1. The van der Waals surface area contributed by atoms with E-state index in [9.17, 15) is 19.1 Å². The summed E-state index contributed by atoms with van der Waals surface area (Å²) in [6, 6.07) is 14.9. The van der Waals surface area contributed by atoms with Crippen molar-refractivity contribution in [3.8, 4) is 33.8 Å². The summed E-state index contributed by atoms with van der Waals surface area (Å²) in [6.07, 6.45) is 3.15. The Hall–Kier alpha value is -3.87. The second kappa shape index (κ2) is 9.32. The normalized spacial score (nSPS) is 13.2. The van der Waals surface area contributed by atoms with Gasteiger partial charge in [0.2, 0.25) is 11.8 Å². The monoisotopic (exact) mass is 448 g/mol. The van der Waals surface area contributed by atoms with Crippen LogP contribution in [0, 0.1) is 5.82 Å². The Morgan fingerprint density at radius 2 is 1.48 bits per heavy atom. The molecule has 6 nitrogen and oxygen atoms in total. The summed E-state index contributed by atoms with van der Waals surface area (Å²) < 4.78 is 20.5. The molecule has 0 heterocycles. The highest BCUT2D eigenvalue weighted by Crippen LogP contribution is 2.41. The summed E-state index contributed by atoms with van der Waals surface area (Å²) in [5, 5.41) is 16.3. The van der Waals surface area contributed by atoms with Gasteiger partial charge in [0.25, 0.3) is 0 Å². The Bertz CT molecular complexity index is 1220. The number of para-hydroxylation sites is 1. The lowest BCUT2D eigenvalue weighted by Gasteiger charge is -2.27. The highest BCUT2D eigenvalue weighted by Gasteiger charge is 2.22. The maximum absolute atomic E-state index is 14.5. The zero-order chi connectivity index (χ0) is 23.5. The molecule has 0 saturated heterocycles. The van der Waals surface area contributed by atoms with Gasteiger partial charge in [0, 0.05) is 25.0 Å². The molecule has 0 atom stereocenters. The van der Waals surface area contributed by atoms with Crippen molar-refractivity contribution < 1.29 is 23.8 Å². The molecule has 3 aromatic rings. The molecule has 0 radical (unpaired) electrons. The van der Waals surface area contributed by atoms with Gasteiger partial charge in [0.1, 0.15) is 17.3 Å². The molecule has 3 aromatic carbocycles. The number of carbonyl (C=O) groups is 2. The van der Waals surface area contributed by atoms with Gasteiger partial charge in [-0.25, -0.2) is 4.39 Å². The lowest BCUT2D eigenvalue weighted by Crippen LogP contribution is -2.25. The van der Waals surface area contributed by atoms with Crippen LogP contribution in [0.4, 0.5) is 15.8 Å². The van der Waals surface area contributed by atoms with Gasteiger partial charge < -0.3 is 20.5 Å². The predicted molar refractivity (Wildman–Crippen MR) is 126 cm³/mol. The fourth-order valence-corrected chi connectivity index (χ4v) is 3.73. The smallest absolute Gasteiger partial charge is 0.221 e. The maximum Gasteiger partial charge on any atom is 0.221 e. The molecule has 170 valence electrons. The van der Waals surface area contributed by atoms with Crippen LogP contribution in [-0.2, 0) is 9.59 Å². The predicted octanol–water partition coefficient (Wildman–Crippen LogP) is 5.71. The van der Waals surface area contributed by atoms with Gasteiger partial charge in [-0.1, -0.05) is 30.3 Å². The molecule has 1 aliphatic rings. The standard InChI is InChI=1S/C26H25FN2O4/c1-15(30)28-23-11-9-17(13-22(23)27)20-7-4-8-21(26(20)32)18-10-12-24(29-16(2)31)25(14-18)33-19-5-3-6-19/h4,7-14,19,32H,3,5-6H2,1-2H3,(H,28,30)(H,29,31). The van der Waals surface area contributed by atoms with Crippen LogP contribution in [0.25, 0.3) is 22.3 Å². The fraction of sp³-hybridized carbons (Fsp3) is 0.231. The number of hydrogen-bond donors (Lipinski definition) is 3. The molecule has 7 heteroatoms. The third-order valence-corrected chi connectivity index (χ3v) is 5.58. The zero-order valence-electron chi connectivity index (χ0n) is 18.4. The first-order valence-corrected chi connectivity index (χ1v) is 10.8. The number of phenols is 1. The van der Waals surface area contributed by atoms with Crippen molar-refractivity contribution in [3.63, 3.8) is 0 Å². The first-order chi connectivity index (χ1) is 15.8. The summed E-state index contributed by atoms with van der Waals surface area (Å²) in [7, 11) is 0. The number of hydrogen-bond acceptors (Lipinski definition) is 4. The largest absolute Gasteiger partial charge is 0.507 e. The molecule has 2 amide bonds. The van der Waals surface area contributed by atoms with E-state index in [-0.39, 0.29) is 29.4 Å². The molecule has 0 spiro atoms. The topological polar surface area (TPSA) is 87.7 Å². The minimum atomic E-state index is -0.594. The Morgan fingerprint density at radius 3 is 2.03 bits per heavy atom. The van der Waals surface area contributed by atoms with Crippen LogP contribution < -0.4 is 15.4 Å². The molecule has 33 heavy (non-hydrogen) atoms. The van der Waals surface area contributed by atoms with E-state index in [2.05, 4.69) is 10.6 Å². The SMILES string of the molecule is CC(=O)Nc1ccc(-c2cccc(-c3ccc(NC(C)=O)c(OC4CCC4)c3)c2O)cc1F. The van der Waals surface area contributed by atoms with Crippen LogP contribution in [0.15, 0.2) is 54.6 Å². The number of benzene rings is 3. The molecule has 3 N–H and O–H groups in total. The second-order valence-corrected chi connectivity index (χ2v) is 8.14. The molecule has 0 aromatic heterocycles. The molecule has 0 unspecified atom stereocenters. The van der Waals surface area contributed by atoms with Crippen LogP contribution in [-0.4, -0.2) is 23.0 Å². The number of phenolic OH excluding ortho intramolecular Hbond substituents is 1. The summed E-state index contributed by atoms with van der Waals surface area (Å²) in [6.45, 7) is 2.75. The number of ether oxygens (including phenoxy) is 1. The minimum Gasteiger partial charge on any atom is -0.507 e. The van der Waals surface area contributed by atoms with Gasteiger partial charge in [-0.2, -0.15) is 0 Å². The summed E-state index contributed by atoms with van der Waals surface area (Å²) in [5.74, 6) is -0.623. The molecule has 0 aliphatic heterocycles. The van der Waals surface area contributed by atoms with Gasteiger partial charge >= 0.3 is 0 Å². The molecular formula is C26H25FN2O4. The van der Waals surface area contributed by atoms with Crippen molar-refractivity contribution in [1.29, 1.82) is 0 Å². The van der Waals surface area contributed by atoms with Crippen molar-refractivity contribution in [2.24, 2.45) is 0 Å². The van der Waals surface area contributed by atoms with E-state index in [1.807, 2.05) is 0 Å². The van der Waals surface area contributed by atoms with Gasteiger partial charge in [-0.15, -0.1) is 0 Å². The average Bonchev–Trinajstić information content (AvgIpc) is 2.73. The van der Waals surface area contributed by atoms with Gasteiger partial charge in [-0.05, 0) is 54.7 Å². The van der Waals surface area contributed by atoms with Crippen LogP contribution in [0.1, 0.15) is 33.1 Å². The van der Waals surface area contributed by atoms with Gasteiger partial charge in [0.05, 0.1) is 17.5 Å². The van der Waals surface area contributed by atoms with E-state index in [0.29, 0.717) is 33.7 Å². The van der Waals surface area contributed by atoms with Crippen LogP contribution in [0.3, 0.4) is 0 Å². The summed E-state index contributed by atoms with van der Waals surface area (Å²) in [5.41, 5.74) is 2.83. The number of carbonyl (C=O) groups excluding carboxylic acids is 2. The molecular weight excluding hydrogens is 423 g/mol. The first-order valence-electron chi connectivity index (χ1n) is 10.8. The van der Waals surface area contributed by atoms with Gasteiger partial charge in [-0.3, -0.25) is 9.59 Å². The minimum absolute atomic E-state index is 0.00829. The van der Waals surface area contributed by atoms with Crippen LogP contribution in [0.5, 0.6) is 11.5 Å². The Kier molecular flexibility index (Phi) is 6.31. The number of anilines is 2. The highest BCUT2D eigenvalue weighted by molar-refractivity contribution is 5.92. The number of rotatable bonds is 6. The number of nitrogens with one attached hydrogen (secondary N) is 2. The van der Waals surface area contributed by atoms with E-state index < -0.39 is 5.82 Å². The molecule has 1 fully saturated rings.